The Labute approximate surface area is 85.8 Å². The molecule has 1 aromatic heterocycles. The molecule has 0 bridgehead atoms. The number of carbonyl (C=O) groups excluding carboxylic acids is 1. The molecule has 0 aliphatic carbocycles. The molecule has 0 spiro atoms. The van der Waals surface area contributed by atoms with Crippen LogP contribution in [0.1, 0.15) is 11.3 Å². The van der Waals surface area contributed by atoms with E-state index in [2.05, 4.69) is 4.74 Å². The lowest BCUT2D eigenvalue weighted by Gasteiger charge is -1.90. The third kappa shape index (κ3) is 3.61. The van der Waals surface area contributed by atoms with Crippen molar-refractivity contribution in [3.63, 3.8) is 0 Å². The molecule has 0 atom stereocenters. The molecule has 4 heteroatoms. The minimum atomic E-state index is -0.237. The number of rotatable bonds is 3. The average molecular weight is 217 g/mol. The van der Waals surface area contributed by atoms with Crippen molar-refractivity contribution in [2.24, 2.45) is 0 Å². The predicted octanol–water partition coefficient (Wildman–Crippen LogP) is 2.98. The second-order valence-corrected chi connectivity index (χ2v) is 4.07. The van der Waals surface area contributed by atoms with Gasteiger partial charge in [-0.25, -0.2) is 0 Å². The lowest BCUT2D eigenvalue weighted by Crippen LogP contribution is -1.96. The van der Waals surface area contributed by atoms with E-state index < -0.39 is 0 Å². The highest BCUT2D eigenvalue weighted by molar-refractivity contribution is 7.16. The number of ether oxygens (including phenoxy) is 1. The largest absolute Gasteiger partial charge is 0.469 e. The molecule has 0 aliphatic rings. The molecule has 1 heterocycles. The van der Waals surface area contributed by atoms with E-state index in [0.717, 1.165) is 9.21 Å². The van der Waals surface area contributed by atoms with Crippen molar-refractivity contribution in [3.05, 3.63) is 27.4 Å². The smallest absolute Gasteiger partial charge is 0.309 e. The maximum atomic E-state index is 10.7. The van der Waals surface area contributed by atoms with E-state index in [-0.39, 0.29) is 5.97 Å². The zero-order chi connectivity index (χ0) is 9.68. The first-order valence-electron chi connectivity index (χ1n) is 3.71. The van der Waals surface area contributed by atoms with Crippen molar-refractivity contribution in [2.75, 3.05) is 7.11 Å². The SMILES string of the molecule is COC(=O)C/C=C\c1ccc(Cl)s1. The first-order chi connectivity index (χ1) is 6.22. The molecule has 0 unspecified atom stereocenters. The molecular formula is C9H9ClO2S. The molecule has 13 heavy (non-hydrogen) atoms. The van der Waals surface area contributed by atoms with E-state index in [9.17, 15) is 4.79 Å². The van der Waals surface area contributed by atoms with Crippen molar-refractivity contribution in [2.45, 2.75) is 6.42 Å². The number of methoxy groups -OCH3 is 1. The number of hydrogen-bond donors (Lipinski definition) is 0. The van der Waals surface area contributed by atoms with Crippen LogP contribution in [0, 0.1) is 0 Å². The van der Waals surface area contributed by atoms with E-state index in [1.54, 1.807) is 6.08 Å². The maximum absolute atomic E-state index is 10.7. The Balaban J connectivity index is 2.45. The molecule has 0 saturated heterocycles. The molecule has 2 nitrogen and oxygen atoms in total. The molecule has 0 amide bonds. The van der Waals surface area contributed by atoms with Crippen LogP contribution in [0.5, 0.6) is 0 Å². The van der Waals surface area contributed by atoms with Gasteiger partial charge in [-0.2, -0.15) is 0 Å². The third-order valence-corrected chi connectivity index (χ3v) is 2.58. The Morgan fingerprint density at radius 1 is 1.69 bits per heavy atom. The first-order valence-corrected chi connectivity index (χ1v) is 4.90. The zero-order valence-corrected chi connectivity index (χ0v) is 8.69. The molecule has 0 aromatic carbocycles. The Morgan fingerprint density at radius 2 is 2.46 bits per heavy atom. The minimum Gasteiger partial charge on any atom is -0.469 e. The van der Waals surface area contributed by atoms with Crippen LogP contribution in [0.2, 0.25) is 4.34 Å². The van der Waals surface area contributed by atoms with E-state index in [1.807, 2.05) is 18.2 Å². The molecule has 0 N–H and O–H groups in total. The van der Waals surface area contributed by atoms with Crippen LogP contribution in [0.15, 0.2) is 18.2 Å². The standard InChI is InChI=1S/C9H9ClO2S/c1-12-9(11)4-2-3-7-5-6-8(10)13-7/h2-3,5-6H,4H2,1H3/b3-2-. The van der Waals surface area contributed by atoms with Gasteiger partial charge in [0.1, 0.15) is 0 Å². The Hall–Kier alpha value is -0.800. The number of thiophene rings is 1. The van der Waals surface area contributed by atoms with Gasteiger partial charge in [-0.3, -0.25) is 4.79 Å². The number of halogens is 1. The maximum Gasteiger partial charge on any atom is 0.309 e. The van der Waals surface area contributed by atoms with E-state index in [1.165, 1.54) is 18.4 Å². The molecule has 0 radical (unpaired) electrons. The summed E-state index contributed by atoms with van der Waals surface area (Å²) in [5.41, 5.74) is 0. The Bertz CT molecular complexity index is 317. The molecule has 1 rings (SSSR count). The second kappa shape index (κ2) is 5.04. The van der Waals surface area contributed by atoms with Crippen LogP contribution in [0.25, 0.3) is 6.08 Å². The lowest BCUT2D eigenvalue weighted by molar-refractivity contribution is -0.139. The van der Waals surface area contributed by atoms with Gasteiger partial charge in [0.05, 0.1) is 17.9 Å². The van der Waals surface area contributed by atoms with Crippen LogP contribution in [-0.2, 0) is 9.53 Å². The monoisotopic (exact) mass is 216 g/mol. The van der Waals surface area contributed by atoms with Gasteiger partial charge < -0.3 is 4.74 Å². The summed E-state index contributed by atoms with van der Waals surface area (Å²) in [4.78, 5) is 11.7. The fourth-order valence-electron chi connectivity index (χ4n) is 0.772. The highest BCUT2D eigenvalue weighted by atomic mass is 35.5. The highest BCUT2D eigenvalue weighted by Crippen LogP contribution is 2.22. The summed E-state index contributed by atoms with van der Waals surface area (Å²) >= 11 is 7.20. The van der Waals surface area contributed by atoms with Gasteiger partial charge in [0, 0.05) is 4.88 Å². The number of esters is 1. The first kappa shape index (κ1) is 10.3. The summed E-state index contributed by atoms with van der Waals surface area (Å²) in [6, 6.07) is 3.73. The zero-order valence-electron chi connectivity index (χ0n) is 7.12. The highest BCUT2D eigenvalue weighted by Gasteiger charge is 1.95. The molecule has 0 fully saturated rings. The predicted molar refractivity (Wildman–Crippen MR) is 55.0 cm³/mol. The average Bonchev–Trinajstić information content (AvgIpc) is 2.51. The Morgan fingerprint density at radius 3 is 3.00 bits per heavy atom. The van der Waals surface area contributed by atoms with Crippen molar-refractivity contribution in [1.82, 2.24) is 0 Å². The van der Waals surface area contributed by atoms with Crippen LogP contribution < -0.4 is 0 Å². The van der Waals surface area contributed by atoms with Crippen molar-refractivity contribution in [3.8, 4) is 0 Å². The summed E-state index contributed by atoms with van der Waals surface area (Å²) < 4.78 is 5.23. The van der Waals surface area contributed by atoms with Crippen LogP contribution in [0.3, 0.4) is 0 Å². The van der Waals surface area contributed by atoms with Gasteiger partial charge in [0.2, 0.25) is 0 Å². The summed E-state index contributed by atoms with van der Waals surface area (Å²) in [7, 11) is 1.37. The van der Waals surface area contributed by atoms with Crippen LogP contribution >= 0.6 is 22.9 Å². The van der Waals surface area contributed by atoms with Crippen molar-refractivity contribution < 1.29 is 9.53 Å². The molecule has 0 saturated carbocycles. The third-order valence-electron chi connectivity index (χ3n) is 1.39. The summed E-state index contributed by atoms with van der Waals surface area (Å²) in [6.07, 6.45) is 3.91. The lowest BCUT2D eigenvalue weighted by atomic mass is 10.3. The minimum absolute atomic E-state index is 0.237. The number of hydrogen-bond acceptors (Lipinski definition) is 3. The van der Waals surface area contributed by atoms with Crippen molar-refractivity contribution >= 4 is 35.0 Å². The summed E-state index contributed by atoms with van der Waals surface area (Å²) in [6.45, 7) is 0. The molecular weight excluding hydrogens is 208 g/mol. The number of carbonyl (C=O) groups is 1. The van der Waals surface area contributed by atoms with Crippen LogP contribution in [-0.4, -0.2) is 13.1 Å². The fraction of sp³-hybridized carbons (Fsp3) is 0.222. The second-order valence-electron chi connectivity index (χ2n) is 2.32. The fourth-order valence-corrected chi connectivity index (χ4v) is 1.76. The molecule has 1 aromatic rings. The Kier molecular flexibility index (Phi) is 3.99. The molecule has 70 valence electrons. The van der Waals surface area contributed by atoms with Gasteiger partial charge >= 0.3 is 5.97 Å². The van der Waals surface area contributed by atoms with Gasteiger partial charge in [0.25, 0.3) is 0 Å². The van der Waals surface area contributed by atoms with Crippen molar-refractivity contribution in [1.29, 1.82) is 0 Å². The summed E-state index contributed by atoms with van der Waals surface area (Å²) in [5, 5.41) is 0. The quantitative estimate of drug-likeness (QED) is 0.727. The summed E-state index contributed by atoms with van der Waals surface area (Å²) in [5.74, 6) is -0.237. The van der Waals surface area contributed by atoms with E-state index in [4.69, 9.17) is 11.6 Å². The van der Waals surface area contributed by atoms with Gasteiger partial charge in [0.15, 0.2) is 0 Å². The molecule has 0 aliphatic heterocycles. The van der Waals surface area contributed by atoms with Crippen LogP contribution in [0.4, 0.5) is 0 Å². The van der Waals surface area contributed by atoms with Gasteiger partial charge in [-0.05, 0) is 18.2 Å². The van der Waals surface area contributed by atoms with E-state index in [0.29, 0.717) is 6.42 Å². The van der Waals surface area contributed by atoms with E-state index >= 15 is 0 Å². The normalized spacial score (nSPS) is 10.6. The van der Waals surface area contributed by atoms with Gasteiger partial charge in [-0.1, -0.05) is 17.7 Å². The topological polar surface area (TPSA) is 26.3 Å². The van der Waals surface area contributed by atoms with Gasteiger partial charge in [-0.15, -0.1) is 11.3 Å².